The molecule has 2 rings (SSSR count). The number of carboxylic acid groups (broad SMARTS) is 1. The van der Waals surface area contributed by atoms with Crippen LogP contribution >= 0.6 is 0 Å². The average Bonchev–Trinajstić information content (AvgIpc) is 2.59. The van der Waals surface area contributed by atoms with Crippen molar-refractivity contribution in [1.82, 2.24) is 0 Å². The number of hydrogen-bond acceptors (Lipinski definition) is 4. The van der Waals surface area contributed by atoms with Crippen molar-refractivity contribution in [2.24, 2.45) is 0 Å². The SMILES string of the molecule is COC(=O)/C(=C/c1ccccc1)CNc1ccccc1C(=O)O. The number of hydrogen-bond donors (Lipinski definition) is 2. The smallest absolute Gasteiger partial charge is 0.337 e. The fourth-order valence-electron chi connectivity index (χ4n) is 2.08. The number of carbonyl (C=O) groups is 2. The second-order valence-corrected chi connectivity index (χ2v) is 4.78. The Labute approximate surface area is 134 Å². The predicted octanol–water partition coefficient (Wildman–Crippen LogP) is 3.05. The summed E-state index contributed by atoms with van der Waals surface area (Å²) in [4.78, 5) is 23.1. The van der Waals surface area contributed by atoms with Crippen molar-refractivity contribution >= 4 is 23.7 Å². The minimum atomic E-state index is -1.03. The Hall–Kier alpha value is -3.08. The van der Waals surface area contributed by atoms with E-state index >= 15 is 0 Å². The number of para-hydroxylation sites is 1. The summed E-state index contributed by atoms with van der Waals surface area (Å²) in [6.07, 6.45) is 1.71. The number of esters is 1. The number of methoxy groups -OCH3 is 1. The molecule has 23 heavy (non-hydrogen) atoms. The van der Waals surface area contributed by atoms with E-state index in [1.54, 1.807) is 24.3 Å². The Kier molecular flexibility index (Phi) is 5.52. The number of nitrogens with one attached hydrogen (secondary N) is 1. The lowest BCUT2D eigenvalue weighted by Gasteiger charge is -2.11. The van der Waals surface area contributed by atoms with E-state index in [0.717, 1.165) is 5.56 Å². The summed E-state index contributed by atoms with van der Waals surface area (Å²) in [6, 6.07) is 15.9. The van der Waals surface area contributed by atoms with Gasteiger partial charge in [0.25, 0.3) is 0 Å². The lowest BCUT2D eigenvalue weighted by molar-refractivity contribution is -0.135. The first-order valence-corrected chi connectivity index (χ1v) is 7.02. The van der Waals surface area contributed by atoms with Gasteiger partial charge in [-0.25, -0.2) is 9.59 Å². The Morgan fingerprint density at radius 3 is 2.39 bits per heavy atom. The molecule has 0 aromatic heterocycles. The summed E-state index contributed by atoms with van der Waals surface area (Å²) in [6.45, 7) is 0.159. The van der Waals surface area contributed by atoms with Gasteiger partial charge in [0.2, 0.25) is 0 Å². The third kappa shape index (κ3) is 4.44. The van der Waals surface area contributed by atoms with Crippen molar-refractivity contribution in [3.05, 3.63) is 71.3 Å². The van der Waals surface area contributed by atoms with E-state index in [1.165, 1.54) is 13.2 Å². The van der Waals surface area contributed by atoms with Crippen LogP contribution in [0.1, 0.15) is 15.9 Å². The van der Waals surface area contributed by atoms with E-state index in [9.17, 15) is 14.7 Å². The molecular formula is C18H17NO4. The number of carbonyl (C=O) groups excluding carboxylic acids is 1. The summed E-state index contributed by atoms with van der Waals surface area (Å²) in [5.41, 5.74) is 1.86. The van der Waals surface area contributed by atoms with E-state index in [0.29, 0.717) is 11.3 Å². The fourth-order valence-corrected chi connectivity index (χ4v) is 2.08. The molecule has 2 aromatic rings. The lowest BCUT2D eigenvalue weighted by atomic mass is 10.1. The number of benzene rings is 2. The molecule has 0 spiro atoms. The summed E-state index contributed by atoms with van der Waals surface area (Å²) in [5, 5.41) is 12.2. The van der Waals surface area contributed by atoms with Crippen molar-refractivity contribution in [3.63, 3.8) is 0 Å². The molecular weight excluding hydrogens is 294 g/mol. The van der Waals surface area contributed by atoms with Crippen LogP contribution in [-0.4, -0.2) is 30.7 Å². The highest BCUT2D eigenvalue weighted by Gasteiger charge is 2.13. The molecule has 2 N–H and O–H groups in total. The number of anilines is 1. The maximum Gasteiger partial charge on any atom is 0.337 e. The van der Waals surface area contributed by atoms with Crippen LogP contribution in [0.2, 0.25) is 0 Å². The van der Waals surface area contributed by atoms with Crippen LogP contribution in [0.5, 0.6) is 0 Å². The maximum absolute atomic E-state index is 11.9. The topological polar surface area (TPSA) is 75.6 Å². The number of ether oxygens (including phenoxy) is 1. The maximum atomic E-state index is 11.9. The Morgan fingerprint density at radius 2 is 1.74 bits per heavy atom. The summed E-state index contributed by atoms with van der Waals surface area (Å²) in [7, 11) is 1.31. The van der Waals surface area contributed by atoms with Gasteiger partial charge >= 0.3 is 11.9 Å². The third-order valence-electron chi connectivity index (χ3n) is 3.21. The Morgan fingerprint density at radius 1 is 1.09 bits per heavy atom. The zero-order valence-corrected chi connectivity index (χ0v) is 12.7. The largest absolute Gasteiger partial charge is 0.478 e. The van der Waals surface area contributed by atoms with Crippen molar-refractivity contribution in [1.29, 1.82) is 0 Å². The van der Waals surface area contributed by atoms with E-state index in [-0.39, 0.29) is 12.1 Å². The van der Waals surface area contributed by atoms with Gasteiger partial charge in [0.1, 0.15) is 0 Å². The van der Waals surface area contributed by atoms with Gasteiger partial charge in [0, 0.05) is 12.2 Å². The van der Waals surface area contributed by atoms with Crippen molar-refractivity contribution in [3.8, 4) is 0 Å². The lowest BCUT2D eigenvalue weighted by Crippen LogP contribution is -2.16. The van der Waals surface area contributed by atoms with Gasteiger partial charge in [-0.1, -0.05) is 42.5 Å². The van der Waals surface area contributed by atoms with Gasteiger partial charge in [0.15, 0.2) is 0 Å². The summed E-state index contributed by atoms with van der Waals surface area (Å²) >= 11 is 0. The predicted molar refractivity (Wildman–Crippen MR) is 88.3 cm³/mol. The van der Waals surface area contributed by atoms with E-state index in [4.69, 9.17) is 4.74 Å². The van der Waals surface area contributed by atoms with Gasteiger partial charge < -0.3 is 15.2 Å². The summed E-state index contributed by atoms with van der Waals surface area (Å²) < 4.78 is 4.79. The quantitative estimate of drug-likeness (QED) is 0.633. The first kappa shape index (κ1) is 16.3. The van der Waals surface area contributed by atoms with E-state index < -0.39 is 11.9 Å². The van der Waals surface area contributed by atoms with Crippen molar-refractivity contribution in [2.45, 2.75) is 0 Å². The highest BCUT2D eigenvalue weighted by atomic mass is 16.5. The van der Waals surface area contributed by atoms with Crippen LogP contribution in [-0.2, 0) is 9.53 Å². The van der Waals surface area contributed by atoms with Gasteiger partial charge in [-0.15, -0.1) is 0 Å². The van der Waals surface area contributed by atoms with Crippen LogP contribution < -0.4 is 5.32 Å². The standard InChI is InChI=1S/C18H17NO4/c1-23-18(22)14(11-13-7-3-2-4-8-13)12-19-16-10-6-5-9-15(16)17(20)21/h2-11,19H,12H2,1H3,(H,20,21)/b14-11+. The monoisotopic (exact) mass is 311 g/mol. The Balaban J connectivity index is 2.22. The first-order chi connectivity index (χ1) is 11.1. The highest BCUT2D eigenvalue weighted by Crippen LogP contribution is 2.16. The third-order valence-corrected chi connectivity index (χ3v) is 3.21. The molecule has 0 heterocycles. The number of rotatable bonds is 6. The zero-order valence-electron chi connectivity index (χ0n) is 12.7. The highest BCUT2D eigenvalue weighted by molar-refractivity contribution is 5.96. The van der Waals surface area contributed by atoms with Gasteiger partial charge in [-0.05, 0) is 23.8 Å². The molecule has 0 saturated carbocycles. The molecule has 0 bridgehead atoms. The molecule has 5 heteroatoms. The first-order valence-electron chi connectivity index (χ1n) is 7.02. The van der Waals surface area contributed by atoms with Crippen LogP contribution in [0.15, 0.2) is 60.2 Å². The van der Waals surface area contributed by atoms with Crippen molar-refractivity contribution in [2.75, 3.05) is 19.0 Å². The molecule has 0 fully saturated rings. The molecule has 0 atom stereocenters. The number of carboxylic acids is 1. The van der Waals surface area contributed by atoms with Crippen LogP contribution in [0.4, 0.5) is 5.69 Å². The average molecular weight is 311 g/mol. The van der Waals surface area contributed by atoms with Gasteiger partial charge in [0.05, 0.1) is 18.2 Å². The van der Waals surface area contributed by atoms with Gasteiger partial charge in [-0.2, -0.15) is 0 Å². The van der Waals surface area contributed by atoms with Crippen LogP contribution in [0.25, 0.3) is 6.08 Å². The van der Waals surface area contributed by atoms with Crippen LogP contribution in [0, 0.1) is 0 Å². The molecule has 5 nitrogen and oxygen atoms in total. The molecule has 2 aromatic carbocycles. The minimum Gasteiger partial charge on any atom is -0.478 e. The molecule has 0 aliphatic rings. The Bertz CT molecular complexity index is 723. The molecule has 0 aliphatic carbocycles. The van der Waals surface area contributed by atoms with E-state index in [1.807, 2.05) is 30.3 Å². The molecule has 0 aliphatic heterocycles. The normalized spacial score (nSPS) is 10.9. The molecule has 0 amide bonds. The van der Waals surface area contributed by atoms with Gasteiger partial charge in [-0.3, -0.25) is 0 Å². The second-order valence-electron chi connectivity index (χ2n) is 4.78. The summed E-state index contributed by atoms with van der Waals surface area (Å²) in [5.74, 6) is -1.49. The van der Waals surface area contributed by atoms with Crippen molar-refractivity contribution < 1.29 is 19.4 Å². The molecule has 0 saturated heterocycles. The molecule has 0 radical (unpaired) electrons. The fraction of sp³-hybridized carbons (Fsp3) is 0.111. The number of aromatic carboxylic acids is 1. The minimum absolute atomic E-state index is 0.149. The van der Waals surface area contributed by atoms with E-state index in [2.05, 4.69) is 5.32 Å². The van der Waals surface area contributed by atoms with Crippen LogP contribution in [0.3, 0.4) is 0 Å². The molecule has 0 unspecified atom stereocenters. The molecule has 118 valence electrons. The second kappa shape index (κ2) is 7.79. The zero-order chi connectivity index (χ0) is 16.7.